The molecule has 0 amide bonds. The van der Waals surface area contributed by atoms with Gasteiger partial charge in [0, 0.05) is 12.2 Å². The van der Waals surface area contributed by atoms with Crippen LogP contribution in [-0.4, -0.2) is 23.0 Å². The van der Waals surface area contributed by atoms with Crippen LogP contribution >= 0.6 is 0 Å². The molecular weight excluding hydrogens is 216 g/mol. The van der Waals surface area contributed by atoms with E-state index >= 15 is 0 Å². The van der Waals surface area contributed by atoms with Gasteiger partial charge in [-0.3, -0.25) is 0 Å². The molecule has 1 radical (unpaired) electrons. The average Bonchev–Trinajstić information content (AvgIpc) is 2.28. The highest BCUT2D eigenvalue weighted by atomic mass is 28.2. The number of ether oxygens (including phenoxy) is 1. The number of methoxy groups -OCH3 is 1. The second-order valence-corrected chi connectivity index (χ2v) is 5.59. The Balaban J connectivity index is 2.21. The van der Waals surface area contributed by atoms with Crippen molar-refractivity contribution in [3.8, 4) is 5.75 Å². The molecule has 89 valence electrons. The molecule has 0 spiro atoms. The number of hydrogen-bond acceptors (Lipinski definition) is 2. The summed E-state index contributed by atoms with van der Waals surface area (Å²) >= 11 is 0. The van der Waals surface area contributed by atoms with Gasteiger partial charge in [-0.05, 0) is 37.9 Å². The van der Waals surface area contributed by atoms with Crippen LogP contribution in [-0.2, 0) is 10.8 Å². The van der Waals surface area contributed by atoms with Crippen LogP contribution in [0.15, 0.2) is 18.2 Å². The molecule has 0 fully saturated rings. The first-order chi connectivity index (χ1) is 7.72. The molecule has 0 atom stereocenters. The van der Waals surface area contributed by atoms with Crippen LogP contribution in [0.3, 0.4) is 0 Å². The average molecular weight is 237 g/mol. The summed E-state index contributed by atoms with van der Waals surface area (Å²) in [5.74, 6) is 0.827. The number of rotatable bonds is 7. The van der Waals surface area contributed by atoms with Crippen LogP contribution in [0, 0.1) is 6.07 Å². The van der Waals surface area contributed by atoms with E-state index in [-0.39, 0.29) is 9.76 Å². The van der Waals surface area contributed by atoms with E-state index in [2.05, 4.69) is 32.0 Å². The monoisotopic (exact) mass is 237 g/mol. The van der Waals surface area contributed by atoms with Crippen LogP contribution in [0.1, 0.15) is 25.8 Å². The Kier molecular flexibility index (Phi) is 6.19. The fraction of sp³-hybridized carbons (Fsp3) is 0.538. The molecule has 3 heteroatoms. The van der Waals surface area contributed by atoms with Crippen LogP contribution in [0.5, 0.6) is 5.75 Å². The Hall–Kier alpha value is -0.803. The molecule has 2 nitrogen and oxygen atoms in total. The lowest BCUT2D eigenvalue weighted by molar-refractivity contribution is 0.255. The lowest BCUT2D eigenvalue weighted by Gasteiger charge is -2.07. The van der Waals surface area contributed by atoms with Crippen molar-refractivity contribution in [2.75, 3.05) is 7.11 Å². The predicted molar refractivity (Wildman–Crippen MR) is 69.7 cm³/mol. The third kappa shape index (κ3) is 5.33. The van der Waals surface area contributed by atoms with Gasteiger partial charge in [0.15, 0.2) is 9.76 Å². The highest BCUT2D eigenvalue weighted by molar-refractivity contribution is 6.27. The lowest BCUT2D eigenvalue weighted by atomic mass is 10.1. The SMILES string of the molecule is COc1[c]ccc(CCC[SiH2]OC(C)C)c1. The topological polar surface area (TPSA) is 18.5 Å². The van der Waals surface area contributed by atoms with Gasteiger partial charge < -0.3 is 9.16 Å². The first-order valence-electron chi connectivity index (χ1n) is 5.88. The third-order valence-electron chi connectivity index (χ3n) is 2.37. The molecule has 1 rings (SSSR count). The van der Waals surface area contributed by atoms with Gasteiger partial charge in [0.05, 0.1) is 7.11 Å². The van der Waals surface area contributed by atoms with Crippen LogP contribution in [0.25, 0.3) is 0 Å². The minimum Gasteiger partial charge on any atom is -0.496 e. The molecular formula is C13H21O2Si. The third-order valence-corrected chi connectivity index (χ3v) is 4.06. The summed E-state index contributed by atoms with van der Waals surface area (Å²) < 4.78 is 10.8. The minimum atomic E-state index is -0.306. The smallest absolute Gasteiger partial charge is 0.161 e. The van der Waals surface area contributed by atoms with Gasteiger partial charge in [-0.25, -0.2) is 0 Å². The molecule has 0 heterocycles. The zero-order chi connectivity index (χ0) is 11.8. The van der Waals surface area contributed by atoms with Gasteiger partial charge in [0.2, 0.25) is 0 Å². The molecule has 0 aliphatic rings. The zero-order valence-corrected chi connectivity index (χ0v) is 11.9. The Morgan fingerprint density at radius 2 is 2.25 bits per heavy atom. The van der Waals surface area contributed by atoms with E-state index in [4.69, 9.17) is 9.16 Å². The maximum absolute atomic E-state index is 5.63. The summed E-state index contributed by atoms with van der Waals surface area (Å²) in [6.07, 6.45) is 2.73. The highest BCUT2D eigenvalue weighted by Gasteiger charge is 1.98. The first kappa shape index (κ1) is 13.3. The van der Waals surface area contributed by atoms with Crippen molar-refractivity contribution in [1.29, 1.82) is 0 Å². The largest absolute Gasteiger partial charge is 0.496 e. The van der Waals surface area contributed by atoms with Gasteiger partial charge in [-0.1, -0.05) is 18.6 Å². The summed E-state index contributed by atoms with van der Waals surface area (Å²) in [7, 11) is 1.37. The van der Waals surface area contributed by atoms with Crippen molar-refractivity contribution in [1.82, 2.24) is 0 Å². The van der Waals surface area contributed by atoms with Crippen molar-refractivity contribution in [2.24, 2.45) is 0 Å². The van der Waals surface area contributed by atoms with E-state index in [9.17, 15) is 0 Å². The molecule has 0 aliphatic carbocycles. The summed E-state index contributed by atoms with van der Waals surface area (Å²) in [6.45, 7) is 4.20. The molecule has 1 aromatic carbocycles. The van der Waals surface area contributed by atoms with Gasteiger partial charge in [0.1, 0.15) is 5.75 Å². The maximum atomic E-state index is 5.63. The van der Waals surface area contributed by atoms with Crippen molar-refractivity contribution in [3.05, 3.63) is 29.8 Å². The molecule has 0 unspecified atom stereocenters. The molecule has 0 aromatic heterocycles. The quantitative estimate of drug-likeness (QED) is 0.535. The fourth-order valence-corrected chi connectivity index (χ4v) is 2.60. The summed E-state index contributed by atoms with van der Waals surface area (Å²) in [6, 6.07) is 10.4. The summed E-state index contributed by atoms with van der Waals surface area (Å²) in [5.41, 5.74) is 1.33. The summed E-state index contributed by atoms with van der Waals surface area (Å²) in [4.78, 5) is 0. The normalized spacial score (nSPS) is 11.5. The van der Waals surface area contributed by atoms with Crippen molar-refractivity contribution < 1.29 is 9.16 Å². The molecule has 0 saturated carbocycles. The Morgan fingerprint density at radius 3 is 2.94 bits per heavy atom. The molecule has 0 N–H and O–H groups in total. The lowest BCUT2D eigenvalue weighted by Crippen LogP contribution is -2.06. The fourth-order valence-electron chi connectivity index (χ4n) is 1.51. The zero-order valence-electron chi connectivity index (χ0n) is 10.5. The maximum Gasteiger partial charge on any atom is 0.161 e. The first-order valence-corrected chi connectivity index (χ1v) is 7.46. The van der Waals surface area contributed by atoms with Crippen molar-refractivity contribution >= 4 is 9.76 Å². The van der Waals surface area contributed by atoms with E-state index in [0.717, 1.165) is 12.2 Å². The van der Waals surface area contributed by atoms with E-state index < -0.39 is 0 Å². The Labute approximate surface area is 101 Å². The highest BCUT2D eigenvalue weighted by Crippen LogP contribution is 2.13. The van der Waals surface area contributed by atoms with E-state index in [1.165, 1.54) is 18.0 Å². The number of aryl methyl sites for hydroxylation is 1. The van der Waals surface area contributed by atoms with Gasteiger partial charge in [-0.2, -0.15) is 0 Å². The van der Waals surface area contributed by atoms with E-state index in [1.54, 1.807) is 7.11 Å². The van der Waals surface area contributed by atoms with Gasteiger partial charge in [0.25, 0.3) is 0 Å². The number of benzene rings is 1. The van der Waals surface area contributed by atoms with E-state index in [1.807, 2.05) is 6.07 Å². The van der Waals surface area contributed by atoms with E-state index in [0.29, 0.717) is 6.10 Å². The predicted octanol–water partition coefficient (Wildman–Crippen LogP) is 2.36. The van der Waals surface area contributed by atoms with Crippen molar-refractivity contribution in [2.45, 2.75) is 38.8 Å². The van der Waals surface area contributed by atoms with Crippen molar-refractivity contribution in [3.63, 3.8) is 0 Å². The van der Waals surface area contributed by atoms with Crippen LogP contribution < -0.4 is 4.74 Å². The summed E-state index contributed by atoms with van der Waals surface area (Å²) in [5, 5.41) is 0. The molecule has 0 saturated heterocycles. The Bertz CT molecular complexity index is 300. The Morgan fingerprint density at radius 1 is 1.44 bits per heavy atom. The standard InChI is InChI=1S/C13H21O2Si/c1-11(2)15-16-9-5-7-12-6-4-8-13(10-12)14-3/h4,6,10-11H,5,7,9,16H2,1-3H3. The van der Waals surface area contributed by atoms with Gasteiger partial charge >= 0.3 is 0 Å². The second-order valence-electron chi connectivity index (χ2n) is 4.14. The van der Waals surface area contributed by atoms with Crippen LogP contribution in [0.4, 0.5) is 0 Å². The molecule has 0 bridgehead atoms. The van der Waals surface area contributed by atoms with Crippen LogP contribution in [0.2, 0.25) is 6.04 Å². The minimum absolute atomic E-state index is 0.306. The number of hydrogen-bond donors (Lipinski definition) is 0. The molecule has 16 heavy (non-hydrogen) atoms. The van der Waals surface area contributed by atoms with Gasteiger partial charge in [-0.15, -0.1) is 0 Å². The molecule has 0 aliphatic heterocycles. The second kappa shape index (κ2) is 7.47. The molecule has 1 aromatic rings.